The highest BCUT2D eigenvalue weighted by Crippen LogP contribution is 2.29. The van der Waals surface area contributed by atoms with Crippen LogP contribution in [0.4, 0.5) is 22.7 Å². The van der Waals surface area contributed by atoms with Crippen molar-refractivity contribution >= 4 is 34.6 Å². The van der Waals surface area contributed by atoms with Gasteiger partial charge in [-0.3, -0.25) is 51.5 Å². The minimum absolute atomic E-state index is 0.0427. The molecule has 0 aliphatic rings. The molecular formula is C16H16N6O8. The van der Waals surface area contributed by atoms with E-state index < -0.39 is 21.7 Å². The molecule has 0 atom stereocenters. The molecule has 158 valence electrons. The molecule has 0 saturated heterocycles. The van der Waals surface area contributed by atoms with Crippen molar-refractivity contribution in [2.24, 2.45) is 0 Å². The summed E-state index contributed by atoms with van der Waals surface area (Å²) in [6.45, 7) is 0. The molecule has 0 saturated carbocycles. The number of nitro benzene ring substituents is 2. The van der Waals surface area contributed by atoms with Gasteiger partial charge >= 0.3 is 11.8 Å². The maximum Gasteiger partial charge on any atom is 0.329 e. The zero-order valence-corrected chi connectivity index (χ0v) is 15.6. The van der Waals surface area contributed by atoms with Crippen LogP contribution < -0.4 is 31.2 Å². The molecule has 14 nitrogen and oxygen atoms in total. The quantitative estimate of drug-likeness (QED) is 0.274. The first-order valence-corrected chi connectivity index (χ1v) is 8.04. The lowest BCUT2D eigenvalue weighted by Gasteiger charge is -2.13. The number of nitro groups is 2. The number of carbonyl (C=O) groups excluding carboxylic acids is 2. The highest BCUT2D eigenvalue weighted by molar-refractivity contribution is 6.35. The summed E-state index contributed by atoms with van der Waals surface area (Å²) in [6, 6.07) is 7.22. The van der Waals surface area contributed by atoms with Crippen LogP contribution in [0.5, 0.6) is 11.5 Å². The van der Waals surface area contributed by atoms with Crippen molar-refractivity contribution in [3.63, 3.8) is 0 Å². The Morgan fingerprint density at radius 3 is 1.43 bits per heavy atom. The van der Waals surface area contributed by atoms with Crippen LogP contribution in [0.25, 0.3) is 0 Å². The monoisotopic (exact) mass is 420 g/mol. The third-order valence-corrected chi connectivity index (χ3v) is 3.62. The lowest BCUT2D eigenvalue weighted by molar-refractivity contribution is -0.385. The first-order chi connectivity index (χ1) is 14.3. The number of amides is 2. The number of non-ortho nitro benzene ring substituents is 2. The van der Waals surface area contributed by atoms with Crippen molar-refractivity contribution < 1.29 is 28.9 Å². The second kappa shape index (κ2) is 9.54. The number of hydrogen-bond donors (Lipinski definition) is 4. The van der Waals surface area contributed by atoms with Crippen molar-refractivity contribution in [1.82, 2.24) is 10.9 Å². The highest BCUT2D eigenvalue weighted by Gasteiger charge is 2.17. The van der Waals surface area contributed by atoms with Crippen molar-refractivity contribution in [2.45, 2.75) is 0 Å². The third kappa shape index (κ3) is 5.22. The molecule has 2 aromatic carbocycles. The predicted molar refractivity (Wildman–Crippen MR) is 103 cm³/mol. The summed E-state index contributed by atoms with van der Waals surface area (Å²) >= 11 is 0. The molecule has 0 aromatic heterocycles. The SMILES string of the molecule is COc1ccc([N+](=O)[O-])cc1NNC(=O)C(=O)NNc1cc([N+](=O)[O-])ccc1OC. The fourth-order valence-corrected chi connectivity index (χ4v) is 2.18. The van der Waals surface area contributed by atoms with Crippen LogP contribution in [0, 0.1) is 20.2 Å². The molecule has 0 fully saturated rings. The molecule has 0 bridgehead atoms. The van der Waals surface area contributed by atoms with Gasteiger partial charge in [0.1, 0.15) is 22.9 Å². The predicted octanol–water partition coefficient (Wildman–Crippen LogP) is 1.11. The number of rotatable bonds is 8. The van der Waals surface area contributed by atoms with Gasteiger partial charge in [0.05, 0.1) is 24.1 Å². The van der Waals surface area contributed by atoms with E-state index >= 15 is 0 Å². The normalized spacial score (nSPS) is 9.80. The summed E-state index contributed by atoms with van der Waals surface area (Å²) in [7, 11) is 2.63. The Labute approximate surface area is 168 Å². The Morgan fingerprint density at radius 2 is 1.13 bits per heavy atom. The second-order valence-corrected chi connectivity index (χ2v) is 5.44. The molecule has 0 spiro atoms. The van der Waals surface area contributed by atoms with Crippen LogP contribution in [-0.2, 0) is 9.59 Å². The number of methoxy groups -OCH3 is 2. The topological polar surface area (TPSA) is 187 Å². The number of nitrogens with one attached hydrogen (secondary N) is 4. The maximum absolute atomic E-state index is 11.9. The molecule has 0 aliphatic heterocycles. The molecule has 2 amide bonds. The molecule has 0 unspecified atom stereocenters. The Kier molecular flexibility index (Phi) is 6.89. The van der Waals surface area contributed by atoms with E-state index in [4.69, 9.17) is 9.47 Å². The number of benzene rings is 2. The van der Waals surface area contributed by atoms with Crippen molar-refractivity contribution in [2.75, 3.05) is 25.1 Å². The average molecular weight is 420 g/mol. The molecule has 0 heterocycles. The van der Waals surface area contributed by atoms with E-state index in [0.717, 1.165) is 12.1 Å². The summed E-state index contributed by atoms with van der Waals surface area (Å²) in [6.07, 6.45) is 0. The van der Waals surface area contributed by atoms with Gasteiger partial charge in [0.15, 0.2) is 0 Å². The highest BCUT2D eigenvalue weighted by atomic mass is 16.6. The van der Waals surface area contributed by atoms with E-state index in [1.54, 1.807) is 0 Å². The second-order valence-electron chi connectivity index (χ2n) is 5.44. The molecule has 30 heavy (non-hydrogen) atoms. The van der Waals surface area contributed by atoms with E-state index in [1.807, 2.05) is 0 Å². The van der Waals surface area contributed by atoms with Gasteiger partial charge in [0.25, 0.3) is 11.4 Å². The van der Waals surface area contributed by atoms with Crippen LogP contribution >= 0.6 is 0 Å². The number of anilines is 2. The Balaban J connectivity index is 2.02. The van der Waals surface area contributed by atoms with E-state index in [2.05, 4.69) is 21.7 Å². The smallest absolute Gasteiger partial charge is 0.329 e. The van der Waals surface area contributed by atoms with Crippen LogP contribution in [0.1, 0.15) is 0 Å². The minimum Gasteiger partial charge on any atom is -0.495 e. The molecule has 4 N–H and O–H groups in total. The number of hydrazine groups is 2. The molecule has 2 aromatic rings. The number of hydrogen-bond acceptors (Lipinski definition) is 10. The Hall–Kier alpha value is -4.62. The summed E-state index contributed by atoms with van der Waals surface area (Å²) < 4.78 is 10.0. The maximum atomic E-state index is 11.9. The van der Waals surface area contributed by atoms with Crippen LogP contribution in [-0.4, -0.2) is 35.9 Å². The first-order valence-electron chi connectivity index (χ1n) is 8.04. The van der Waals surface area contributed by atoms with Gasteiger partial charge in [0, 0.05) is 24.3 Å². The molecule has 2 rings (SSSR count). The summed E-state index contributed by atoms with van der Waals surface area (Å²) in [4.78, 5) is 44.3. The number of nitrogens with zero attached hydrogens (tertiary/aromatic N) is 2. The van der Waals surface area contributed by atoms with Crippen LogP contribution in [0.2, 0.25) is 0 Å². The van der Waals surface area contributed by atoms with Gasteiger partial charge in [-0.05, 0) is 12.1 Å². The minimum atomic E-state index is -1.17. The van der Waals surface area contributed by atoms with Crippen LogP contribution in [0.15, 0.2) is 36.4 Å². The number of ether oxygens (including phenoxy) is 2. The Morgan fingerprint density at radius 1 is 0.767 bits per heavy atom. The lowest BCUT2D eigenvalue weighted by atomic mass is 10.2. The summed E-state index contributed by atoms with van der Waals surface area (Å²) in [5.41, 5.74) is 8.36. The number of carbonyl (C=O) groups is 2. The van der Waals surface area contributed by atoms with E-state index in [9.17, 15) is 29.8 Å². The van der Waals surface area contributed by atoms with Gasteiger partial charge in [-0.15, -0.1) is 0 Å². The molecule has 0 radical (unpaired) electrons. The van der Waals surface area contributed by atoms with Crippen molar-refractivity contribution in [3.8, 4) is 11.5 Å². The fraction of sp³-hybridized carbons (Fsp3) is 0.125. The van der Waals surface area contributed by atoms with E-state index in [-0.39, 0.29) is 34.2 Å². The zero-order chi connectivity index (χ0) is 22.3. The largest absolute Gasteiger partial charge is 0.495 e. The van der Waals surface area contributed by atoms with Gasteiger partial charge < -0.3 is 9.47 Å². The fourth-order valence-electron chi connectivity index (χ4n) is 2.18. The van der Waals surface area contributed by atoms with Gasteiger partial charge in [0.2, 0.25) is 0 Å². The molecule has 0 aliphatic carbocycles. The summed E-state index contributed by atoms with van der Waals surface area (Å²) in [5, 5.41) is 21.7. The zero-order valence-electron chi connectivity index (χ0n) is 15.6. The van der Waals surface area contributed by atoms with Crippen molar-refractivity contribution in [3.05, 3.63) is 56.6 Å². The van der Waals surface area contributed by atoms with Crippen LogP contribution in [0.3, 0.4) is 0 Å². The molecular weight excluding hydrogens is 404 g/mol. The Bertz CT molecular complexity index is 916. The summed E-state index contributed by atoms with van der Waals surface area (Å²) in [5.74, 6) is -1.97. The van der Waals surface area contributed by atoms with Gasteiger partial charge in [-0.2, -0.15) is 0 Å². The van der Waals surface area contributed by atoms with Gasteiger partial charge in [-0.25, -0.2) is 0 Å². The van der Waals surface area contributed by atoms with E-state index in [1.165, 1.54) is 38.5 Å². The average Bonchev–Trinajstić information content (AvgIpc) is 2.74. The third-order valence-electron chi connectivity index (χ3n) is 3.62. The lowest BCUT2D eigenvalue weighted by Crippen LogP contribution is -2.44. The van der Waals surface area contributed by atoms with Gasteiger partial charge in [-0.1, -0.05) is 0 Å². The van der Waals surface area contributed by atoms with Crippen molar-refractivity contribution in [1.29, 1.82) is 0 Å². The first kappa shape index (κ1) is 21.7. The standard InChI is InChI=1S/C16H16N6O8/c1-29-13-5-3-9(21(25)26)7-11(13)17-19-15(23)16(24)20-18-12-8-10(22(27)28)4-6-14(12)30-2/h3-8,17-18H,1-2H3,(H,19,23)(H,20,24). The molecule has 14 heteroatoms. The van der Waals surface area contributed by atoms with E-state index in [0.29, 0.717) is 0 Å².